The van der Waals surface area contributed by atoms with Gasteiger partial charge in [0.15, 0.2) is 0 Å². The van der Waals surface area contributed by atoms with Crippen LogP contribution in [0, 0.1) is 0 Å². The Bertz CT molecular complexity index is 572. The van der Waals surface area contributed by atoms with E-state index in [1.807, 2.05) is 18.2 Å². The molecule has 0 N–H and O–H groups in total. The summed E-state index contributed by atoms with van der Waals surface area (Å²) in [7, 11) is 0. The minimum atomic E-state index is 0.668. The first-order valence-corrected chi connectivity index (χ1v) is 6.60. The molecule has 0 spiro atoms. The molecule has 1 aliphatic rings. The Hall–Kier alpha value is -1.29. The average molecular weight is 334 g/mol. The van der Waals surface area contributed by atoms with Gasteiger partial charge >= 0.3 is 0 Å². The monoisotopic (exact) mass is 334 g/mol. The lowest BCUT2D eigenvalue weighted by atomic mass is 9.96. The molecule has 0 radical (unpaired) electrons. The third-order valence-corrected chi connectivity index (χ3v) is 3.70. The molecule has 1 heterocycles. The van der Waals surface area contributed by atoms with Crippen molar-refractivity contribution in [3.05, 3.63) is 69.3 Å². The van der Waals surface area contributed by atoms with Crippen LogP contribution in [0.1, 0.15) is 11.1 Å². The number of ether oxygens (including phenoxy) is 1. The summed E-state index contributed by atoms with van der Waals surface area (Å²) in [5, 5.41) is 0. The van der Waals surface area contributed by atoms with E-state index in [-0.39, 0.29) is 0 Å². The van der Waals surface area contributed by atoms with Gasteiger partial charge in [-0.25, -0.2) is 0 Å². The van der Waals surface area contributed by atoms with Crippen molar-refractivity contribution >= 4 is 28.2 Å². The summed E-state index contributed by atoms with van der Waals surface area (Å²) in [6.45, 7) is 0.668. The number of hydrogen-bond acceptors (Lipinski definition) is 1. The Morgan fingerprint density at radius 1 is 0.882 bits per heavy atom. The smallest absolute Gasteiger partial charge is 0.127 e. The van der Waals surface area contributed by atoms with E-state index in [9.17, 15) is 0 Å². The molecule has 1 nitrogen and oxygen atoms in total. The van der Waals surface area contributed by atoms with Gasteiger partial charge in [0.05, 0.1) is 0 Å². The van der Waals surface area contributed by atoms with Crippen molar-refractivity contribution in [2.75, 3.05) is 6.61 Å². The molecule has 84 valence electrons. The molecule has 2 aromatic carbocycles. The van der Waals surface area contributed by atoms with Gasteiger partial charge < -0.3 is 4.74 Å². The molecule has 2 heteroatoms. The Balaban J connectivity index is 2.21. The second-order valence-corrected chi connectivity index (χ2v) is 5.23. The lowest BCUT2D eigenvalue weighted by molar-refractivity contribution is 0.356. The SMILES string of the molecule is IC1=C(c2ccccc2)c2ccccc2OC1. The maximum atomic E-state index is 5.72. The van der Waals surface area contributed by atoms with Gasteiger partial charge in [0.1, 0.15) is 12.4 Å². The van der Waals surface area contributed by atoms with Gasteiger partial charge in [-0.3, -0.25) is 0 Å². The molecular formula is C15H11IO. The highest BCUT2D eigenvalue weighted by molar-refractivity contribution is 14.1. The Labute approximate surface area is 114 Å². The second-order valence-electron chi connectivity index (χ2n) is 3.93. The van der Waals surface area contributed by atoms with Gasteiger partial charge in [0.25, 0.3) is 0 Å². The summed E-state index contributed by atoms with van der Waals surface area (Å²) in [5.41, 5.74) is 3.75. The van der Waals surface area contributed by atoms with Crippen LogP contribution < -0.4 is 4.74 Å². The lowest BCUT2D eigenvalue weighted by Crippen LogP contribution is -2.08. The molecular weight excluding hydrogens is 323 g/mol. The minimum Gasteiger partial charge on any atom is -0.488 e. The molecule has 2 aromatic rings. The molecule has 0 saturated carbocycles. The normalized spacial score (nSPS) is 14.2. The van der Waals surface area contributed by atoms with Gasteiger partial charge in [0.2, 0.25) is 0 Å². The van der Waals surface area contributed by atoms with E-state index in [0.29, 0.717) is 6.61 Å². The first kappa shape index (κ1) is 10.8. The predicted molar refractivity (Wildman–Crippen MR) is 78.4 cm³/mol. The molecule has 0 bridgehead atoms. The van der Waals surface area contributed by atoms with Gasteiger partial charge in [0, 0.05) is 14.7 Å². The fourth-order valence-corrected chi connectivity index (χ4v) is 2.83. The van der Waals surface area contributed by atoms with Gasteiger partial charge in [-0.05, 0) is 34.2 Å². The van der Waals surface area contributed by atoms with E-state index in [2.05, 4.69) is 59.0 Å². The summed E-state index contributed by atoms with van der Waals surface area (Å²) in [4.78, 5) is 0. The zero-order chi connectivity index (χ0) is 11.7. The van der Waals surface area contributed by atoms with Gasteiger partial charge in [-0.2, -0.15) is 0 Å². The molecule has 0 unspecified atom stereocenters. The summed E-state index contributed by atoms with van der Waals surface area (Å²) in [5.74, 6) is 0.978. The zero-order valence-electron chi connectivity index (χ0n) is 9.19. The molecule has 1 aliphatic heterocycles. The summed E-state index contributed by atoms with van der Waals surface area (Å²) >= 11 is 2.37. The van der Waals surface area contributed by atoms with Crippen LogP contribution in [0.25, 0.3) is 5.57 Å². The quantitative estimate of drug-likeness (QED) is 0.708. The van der Waals surface area contributed by atoms with Crippen LogP contribution in [0.15, 0.2) is 58.2 Å². The van der Waals surface area contributed by atoms with E-state index in [4.69, 9.17) is 4.74 Å². The van der Waals surface area contributed by atoms with Crippen LogP contribution in [0.4, 0.5) is 0 Å². The van der Waals surface area contributed by atoms with Gasteiger partial charge in [-0.1, -0.05) is 48.5 Å². The fraction of sp³-hybridized carbons (Fsp3) is 0.0667. The van der Waals surface area contributed by atoms with Crippen LogP contribution in [-0.4, -0.2) is 6.61 Å². The maximum Gasteiger partial charge on any atom is 0.127 e. The van der Waals surface area contributed by atoms with E-state index in [0.717, 1.165) is 5.75 Å². The molecule has 3 rings (SSSR count). The number of para-hydroxylation sites is 1. The molecule has 0 aromatic heterocycles. The Kier molecular flexibility index (Phi) is 2.89. The number of halogens is 1. The number of benzene rings is 2. The minimum absolute atomic E-state index is 0.668. The van der Waals surface area contributed by atoms with Crippen LogP contribution in [0.3, 0.4) is 0 Å². The molecule has 0 saturated heterocycles. The van der Waals surface area contributed by atoms with Crippen molar-refractivity contribution in [1.29, 1.82) is 0 Å². The van der Waals surface area contributed by atoms with Crippen LogP contribution in [0.5, 0.6) is 5.75 Å². The number of rotatable bonds is 1. The molecule has 0 aliphatic carbocycles. The maximum absolute atomic E-state index is 5.72. The summed E-state index contributed by atoms with van der Waals surface area (Å²) < 4.78 is 6.98. The van der Waals surface area contributed by atoms with E-state index in [1.54, 1.807) is 0 Å². The second kappa shape index (κ2) is 4.53. The topological polar surface area (TPSA) is 9.23 Å². The fourth-order valence-electron chi connectivity index (χ4n) is 2.08. The van der Waals surface area contributed by atoms with Crippen molar-refractivity contribution in [3.8, 4) is 5.75 Å². The van der Waals surface area contributed by atoms with E-state index >= 15 is 0 Å². The lowest BCUT2D eigenvalue weighted by Gasteiger charge is -2.21. The van der Waals surface area contributed by atoms with Crippen LogP contribution in [-0.2, 0) is 0 Å². The largest absolute Gasteiger partial charge is 0.488 e. The molecule has 0 fully saturated rings. The number of hydrogen-bond donors (Lipinski definition) is 0. The standard InChI is InChI=1S/C15H11IO/c16-13-10-17-14-9-5-4-8-12(14)15(13)11-6-2-1-3-7-11/h1-9H,10H2. The zero-order valence-corrected chi connectivity index (χ0v) is 11.3. The first-order chi connectivity index (χ1) is 8.36. The Morgan fingerprint density at radius 3 is 2.41 bits per heavy atom. The van der Waals surface area contributed by atoms with Crippen LogP contribution >= 0.6 is 22.6 Å². The highest BCUT2D eigenvalue weighted by Crippen LogP contribution is 2.39. The first-order valence-electron chi connectivity index (χ1n) is 5.52. The van der Waals surface area contributed by atoms with Crippen LogP contribution in [0.2, 0.25) is 0 Å². The highest BCUT2D eigenvalue weighted by atomic mass is 127. The summed E-state index contributed by atoms with van der Waals surface area (Å²) in [6, 6.07) is 18.7. The number of fused-ring (bicyclic) bond motifs is 1. The predicted octanol–water partition coefficient (Wildman–Crippen LogP) is 4.27. The highest BCUT2D eigenvalue weighted by Gasteiger charge is 2.19. The van der Waals surface area contributed by atoms with E-state index in [1.165, 1.54) is 20.3 Å². The molecule has 17 heavy (non-hydrogen) atoms. The summed E-state index contributed by atoms with van der Waals surface area (Å²) in [6.07, 6.45) is 0. The van der Waals surface area contributed by atoms with Crippen molar-refractivity contribution in [3.63, 3.8) is 0 Å². The van der Waals surface area contributed by atoms with Crippen molar-refractivity contribution in [1.82, 2.24) is 0 Å². The van der Waals surface area contributed by atoms with Gasteiger partial charge in [-0.15, -0.1) is 0 Å². The molecule has 0 amide bonds. The van der Waals surface area contributed by atoms with Crippen molar-refractivity contribution in [2.45, 2.75) is 0 Å². The third-order valence-electron chi connectivity index (χ3n) is 2.84. The molecule has 0 atom stereocenters. The van der Waals surface area contributed by atoms with Crippen molar-refractivity contribution < 1.29 is 4.74 Å². The Morgan fingerprint density at radius 2 is 1.59 bits per heavy atom. The van der Waals surface area contributed by atoms with Crippen molar-refractivity contribution in [2.24, 2.45) is 0 Å². The average Bonchev–Trinajstić information content (AvgIpc) is 2.39. The van der Waals surface area contributed by atoms with E-state index < -0.39 is 0 Å². The third kappa shape index (κ3) is 1.97.